The maximum Gasteiger partial charge on any atom is 0.259 e. The van der Waals surface area contributed by atoms with Crippen LogP contribution in [0.5, 0.6) is 5.75 Å². The molecule has 0 saturated carbocycles. The molecule has 0 aromatic heterocycles. The van der Waals surface area contributed by atoms with Gasteiger partial charge in [-0.3, -0.25) is 9.69 Å². The van der Waals surface area contributed by atoms with Crippen LogP contribution in [0.2, 0.25) is 0 Å². The molecule has 2 heterocycles. The van der Waals surface area contributed by atoms with Crippen molar-refractivity contribution in [1.82, 2.24) is 4.90 Å². The summed E-state index contributed by atoms with van der Waals surface area (Å²) in [5, 5.41) is 11.0. The number of hydrogen-bond acceptors (Lipinski definition) is 4. The summed E-state index contributed by atoms with van der Waals surface area (Å²) >= 11 is 0. The van der Waals surface area contributed by atoms with Gasteiger partial charge in [-0.25, -0.2) is 0 Å². The number of fused-ring (bicyclic) bond motifs is 7. The maximum absolute atomic E-state index is 13.3. The highest BCUT2D eigenvalue weighted by Crippen LogP contribution is 2.51. The van der Waals surface area contributed by atoms with E-state index in [1.165, 1.54) is 0 Å². The van der Waals surface area contributed by atoms with Crippen LogP contribution in [0.3, 0.4) is 0 Å². The van der Waals surface area contributed by atoms with Gasteiger partial charge in [0.1, 0.15) is 11.9 Å². The fourth-order valence-corrected chi connectivity index (χ4v) is 4.33. The number of hydrogen-bond donors (Lipinski definition) is 1. The Morgan fingerprint density at radius 3 is 2.59 bits per heavy atom. The Hall–Kier alpha value is -3.05. The predicted octanol–water partition coefficient (Wildman–Crippen LogP) is 3.07. The zero-order valence-electron chi connectivity index (χ0n) is 15.4. The second-order valence-corrected chi connectivity index (χ2v) is 7.32. The molecular weight excluding hydrogens is 340 g/mol. The normalized spacial score (nSPS) is 21.8. The highest BCUT2D eigenvalue weighted by atomic mass is 16.5. The minimum atomic E-state index is -0.757. The Bertz CT molecular complexity index is 1050. The number of carbonyl (C=O) groups excluding carboxylic acids is 1. The number of aliphatic hydroxyl groups excluding tert-OH is 1. The van der Waals surface area contributed by atoms with Crippen LogP contribution in [0, 0.1) is 0 Å². The van der Waals surface area contributed by atoms with E-state index >= 15 is 0 Å². The molecule has 1 aliphatic carbocycles. The summed E-state index contributed by atoms with van der Waals surface area (Å²) in [6, 6.07) is 11.2. The number of nitrogens with zero attached hydrogens (tertiary/aromatic N) is 2. The Morgan fingerprint density at radius 1 is 1.04 bits per heavy atom. The smallest absolute Gasteiger partial charge is 0.259 e. The second-order valence-electron chi connectivity index (χ2n) is 7.32. The fraction of sp³-hybridized carbons (Fsp3) is 0.227. The molecule has 0 bridgehead atoms. The largest absolute Gasteiger partial charge is 0.497 e. The molecule has 0 unspecified atom stereocenters. The van der Waals surface area contributed by atoms with Crippen molar-refractivity contribution in [2.75, 3.05) is 26.1 Å². The van der Waals surface area contributed by atoms with Crippen LogP contribution < -0.4 is 9.64 Å². The molecule has 1 N–H and O–H groups in total. The van der Waals surface area contributed by atoms with Gasteiger partial charge in [0, 0.05) is 25.3 Å². The molecular formula is C22H20N2O3. The quantitative estimate of drug-likeness (QED) is 0.894. The molecule has 0 radical (unpaired) electrons. The van der Waals surface area contributed by atoms with Gasteiger partial charge in [-0.1, -0.05) is 18.2 Å². The van der Waals surface area contributed by atoms with E-state index in [-0.39, 0.29) is 5.91 Å². The predicted molar refractivity (Wildman–Crippen MR) is 105 cm³/mol. The van der Waals surface area contributed by atoms with Crippen molar-refractivity contribution >= 4 is 22.9 Å². The number of methoxy groups -OCH3 is 1. The van der Waals surface area contributed by atoms with Gasteiger partial charge in [0.25, 0.3) is 5.91 Å². The summed E-state index contributed by atoms with van der Waals surface area (Å²) in [6.45, 7) is 0. The Labute approximate surface area is 157 Å². The highest BCUT2D eigenvalue weighted by molar-refractivity contribution is 6.12. The van der Waals surface area contributed by atoms with Crippen LogP contribution in [0.1, 0.15) is 33.2 Å². The Balaban J connectivity index is 1.65. The third kappa shape index (κ3) is 2.06. The van der Waals surface area contributed by atoms with Crippen molar-refractivity contribution < 1.29 is 14.6 Å². The zero-order valence-corrected chi connectivity index (χ0v) is 15.4. The van der Waals surface area contributed by atoms with Gasteiger partial charge < -0.3 is 14.7 Å². The number of anilines is 1. The molecule has 0 fully saturated rings. The number of amides is 1. The number of rotatable bonds is 2. The summed E-state index contributed by atoms with van der Waals surface area (Å²) in [7, 11) is 5.54. The van der Waals surface area contributed by atoms with E-state index in [2.05, 4.69) is 0 Å². The second kappa shape index (κ2) is 5.47. The van der Waals surface area contributed by atoms with Crippen LogP contribution in [-0.2, 0) is 0 Å². The van der Waals surface area contributed by atoms with E-state index in [9.17, 15) is 9.90 Å². The monoisotopic (exact) mass is 360 g/mol. The van der Waals surface area contributed by atoms with Crippen molar-refractivity contribution in [3.63, 3.8) is 0 Å². The van der Waals surface area contributed by atoms with Crippen LogP contribution in [0.15, 0.2) is 48.6 Å². The van der Waals surface area contributed by atoms with E-state index in [1.807, 2.05) is 67.5 Å². The van der Waals surface area contributed by atoms with Gasteiger partial charge in [0.15, 0.2) is 0 Å². The van der Waals surface area contributed by atoms with Crippen molar-refractivity contribution in [3.05, 3.63) is 70.8 Å². The van der Waals surface area contributed by atoms with Gasteiger partial charge in [-0.15, -0.1) is 0 Å². The minimum Gasteiger partial charge on any atom is -0.497 e. The van der Waals surface area contributed by atoms with E-state index in [4.69, 9.17) is 4.74 Å². The SMILES string of the molecule is COc1ccc2c(c1)C1=CC=C3c4ccc(N(C)C)cc4C(=O)N3[C@H]1[C@@H]2O. The fourth-order valence-electron chi connectivity index (χ4n) is 4.33. The molecule has 2 aromatic rings. The number of allylic oxidation sites excluding steroid dienone is 2. The van der Waals surface area contributed by atoms with Crippen molar-refractivity contribution in [1.29, 1.82) is 0 Å². The van der Waals surface area contributed by atoms with Gasteiger partial charge in [-0.2, -0.15) is 0 Å². The lowest BCUT2D eigenvalue weighted by Gasteiger charge is -2.32. The maximum atomic E-state index is 13.3. The summed E-state index contributed by atoms with van der Waals surface area (Å²) in [5.41, 5.74) is 6.17. The van der Waals surface area contributed by atoms with Crippen LogP contribution in [-0.4, -0.2) is 43.2 Å². The molecule has 5 rings (SSSR count). The number of ether oxygens (including phenoxy) is 1. The molecule has 0 spiro atoms. The molecule has 2 aromatic carbocycles. The number of benzene rings is 2. The van der Waals surface area contributed by atoms with Gasteiger partial charge >= 0.3 is 0 Å². The minimum absolute atomic E-state index is 0.0608. The first-order valence-electron chi connectivity index (χ1n) is 8.95. The van der Waals surface area contributed by atoms with Gasteiger partial charge in [-0.05, 0) is 47.0 Å². The molecule has 2 atom stereocenters. The summed E-state index contributed by atoms with van der Waals surface area (Å²) in [5.74, 6) is 0.679. The van der Waals surface area contributed by atoms with E-state index in [0.717, 1.165) is 39.4 Å². The first-order chi connectivity index (χ1) is 13.0. The highest BCUT2D eigenvalue weighted by Gasteiger charge is 2.47. The molecule has 136 valence electrons. The van der Waals surface area contributed by atoms with Crippen molar-refractivity contribution in [2.45, 2.75) is 12.1 Å². The topological polar surface area (TPSA) is 53.0 Å². The first kappa shape index (κ1) is 16.1. The molecule has 27 heavy (non-hydrogen) atoms. The lowest BCUT2D eigenvalue weighted by atomic mass is 9.99. The molecule has 1 amide bonds. The van der Waals surface area contributed by atoms with Crippen LogP contribution >= 0.6 is 0 Å². The Morgan fingerprint density at radius 2 is 1.85 bits per heavy atom. The Kier molecular flexibility index (Phi) is 3.27. The van der Waals surface area contributed by atoms with E-state index in [0.29, 0.717) is 5.56 Å². The van der Waals surface area contributed by atoms with Crippen LogP contribution in [0.4, 0.5) is 5.69 Å². The van der Waals surface area contributed by atoms with Crippen LogP contribution in [0.25, 0.3) is 11.3 Å². The number of carbonyl (C=O) groups is 1. The zero-order chi connectivity index (χ0) is 18.9. The lowest BCUT2D eigenvalue weighted by Crippen LogP contribution is -2.38. The van der Waals surface area contributed by atoms with E-state index < -0.39 is 12.1 Å². The molecule has 5 nitrogen and oxygen atoms in total. The third-order valence-corrected chi connectivity index (χ3v) is 5.71. The van der Waals surface area contributed by atoms with Gasteiger partial charge in [0.05, 0.1) is 24.4 Å². The average Bonchev–Trinajstić information content (AvgIpc) is 3.13. The summed E-state index contributed by atoms with van der Waals surface area (Å²) in [4.78, 5) is 17.0. The van der Waals surface area contributed by atoms with Gasteiger partial charge in [0.2, 0.25) is 0 Å². The first-order valence-corrected chi connectivity index (χ1v) is 8.95. The standard InChI is InChI=1S/C22H20N2O3/c1-23(2)12-4-6-14-18(10-12)22(26)24-19(14)9-8-15-17-11-13(27-3)5-7-16(17)21(25)20(15)24/h4-11,20-21,25H,1-3H3/t20-,21-/m1/s1. The molecule has 3 aliphatic rings. The molecule has 0 saturated heterocycles. The average molecular weight is 360 g/mol. The molecule has 2 aliphatic heterocycles. The van der Waals surface area contributed by atoms with Crippen molar-refractivity contribution in [2.24, 2.45) is 0 Å². The number of aliphatic hydroxyl groups is 1. The molecule has 5 heteroatoms. The van der Waals surface area contributed by atoms with Crippen molar-refractivity contribution in [3.8, 4) is 5.75 Å². The lowest BCUT2D eigenvalue weighted by molar-refractivity contribution is 0.0689. The third-order valence-electron chi connectivity index (χ3n) is 5.71. The van der Waals surface area contributed by atoms with E-state index in [1.54, 1.807) is 12.0 Å². The summed E-state index contributed by atoms with van der Waals surface area (Å²) < 4.78 is 5.34. The summed E-state index contributed by atoms with van der Waals surface area (Å²) in [6.07, 6.45) is 3.24.